The van der Waals surface area contributed by atoms with Crippen molar-refractivity contribution in [2.45, 2.75) is 87.0 Å². The second-order valence-electron chi connectivity index (χ2n) is 10.8. The Hall–Kier alpha value is -4.07. The van der Waals surface area contributed by atoms with Gasteiger partial charge in [0.05, 0.1) is 7.11 Å². The minimum Gasteiger partial charge on any atom is -0.469 e. The highest BCUT2D eigenvalue weighted by atomic mass is 16.5. The number of amides is 2. The molecule has 218 valence electrons. The normalized spacial score (nSPS) is 17.4. The summed E-state index contributed by atoms with van der Waals surface area (Å²) in [6.07, 6.45) is 7.89. The summed E-state index contributed by atoms with van der Waals surface area (Å²) in [4.78, 5) is 44.0. The number of esters is 1. The van der Waals surface area contributed by atoms with E-state index in [1.54, 1.807) is 0 Å². The molecule has 0 aliphatic carbocycles. The molecule has 0 bridgehead atoms. The summed E-state index contributed by atoms with van der Waals surface area (Å²) in [6, 6.07) is 0. The van der Waals surface area contributed by atoms with Crippen molar-refractivity contribution < 1.29 is 19.1 Å². The Bertz CT molecular complexity index is 1540. The molecular weight excluding hydrogens is 516 g/mol. The first kappa shape index (κ1) is 29.9. The van der Waals surface area contributed by atoms with Crippen molar-refractivity contribution in [3.63, 3.8) is 0 Å². The molecule has 2 aliphatic heterocycles. The number of aromatic amines is 2. The summed E-state index contributed by atoms with van der Waals surface area (Å²) in [6.45, 7) is 14.1. The van der Waals surface area contributed by atoms with Crippen LogP contribution in [0.3, 0.4) is 0 Å². The Morgan fingerprint density at radius 1 is 0.732 bits per heavy atom. The molecule has 0 saturated carbocycles. The first-order chi connectivity index (χ1) is 19.5. The molecule has 0 fully saturated rings. The molecule has 8 heteroatoms. The highest BCUT2D eigenvalue weighted by molar-refractivity contribution is 6.01. The van der Waals surface area contributed by atoms with Crippen molar-refractivity contribution in [1.29, 1.82) is 0 Å². The lowest BCUT2D eigenvalue weighted by Crippen LogP contribution is -2.15. The minimum atomic E-state index is -0.251. The molecule has 4 rings (SSSR count). The zero-order valence-corrected chi connectivity index (χ0v) is 25.5. The fourth-order valence-corrected chi connectivity index (χ4v) is 6.06. The second-order valence-corrected chi connectivity index (χ2v) is 10.8. The molecule has 0 unspecified atom stereocenters. The maximum atomic E-state index is 12.4. The number of hydrogen-bond donors (Lipinski definition) is 4. The molecule has 2 aromatic heterocycles. The fourth-order valence-electron chi connectivity index (χ4n) is 6.06. The van der Waals surface area contributed by atoms with Crippen molar-refractivity contribution in [2.75, 3.05) is 7.11 Å². The number of carbonyl (C=O) groups is 3. The molecule has 0 aromatic carbocycles. The molecular formula is C33H42N4O4. The van der Waals surface area contributed by atoms with Crippen LogP contribution in [0, 0.1) is 13.8 Å². The third kappa shape index (κ3) is 5.73. The number of nitrogens with one attached hydrogen (secondary N) is 4. The zero-order valence-electron chi connectivity index (χ0n) is 25.5. The molecule has 4 heterocycles. The maximum Gasteiger partial charge on any atom is 0.305 e. The SMILES string of the molecule is CCC1=C(C)C(=O)N/C1=C\c1[nH]c(Cc2[nH]c(/C=C3\NC(=O)C(C)=C3CC)c(C)c2CCC(=O)OC)c(CC)c1C. The van der Waals surface area contributed by atoms with Gasteiger partial charge >= 0.3 is 5.97 Å². The van der Waals surface area contributed by atoms with Crippen LogP contribution in [-0.4, -0.2) is 34.9 Å². The molecule has 2 aliphatic rings. The molecule has 8 nitrogen and oxygen atoms in total. The fraction of sp³-hybridized carbons (Fsp3) is 0.424. The molecule has 0 atom stereocenters. The van der Waals surface area contributed by atoms with Crippen molar-refractivity contribution in [3.05, 3.63) is 78.7 Å². The minimum absolute atomic E-state index is 0.0401. The zero-order chi connectivity index (χ0) is 30.0. The third-order valence-electron chi connectivity index (χ3n) is 8.54. The van der Waals surface area contributed by atoms with Crippen LogP contribution >= 0.6 is 0 Å². The van der Waals surface area contributed by atoms with Gasteiger partial charge in [-0.1, -0.05) is 20.8 Å². The van der Waals surface area contributed by atoms with Crippen LogP contribution in [0.25, 0.3) is 12.2 Å². The molecule has 2 amide bonds. The van der Waals surface area contributed by atoms with Gasteiger partial charge < -0.3 is 25.3 Å². The maximum absolute atomic E-state index is 12.4. The van der Waals surface area contributed by atoms with Crippen LogP contribution in [0.15, 0.2) is 33.7 Å². The molecule has 0 saturated heterocycles. The quantitative estimate of drug-likeness (QED) is 0.284. The summed E-state index contributed by atoms with van der Waals surface area (Å²) in [5.41, 5.74) is 13.8. The van der Waals surface area contributed by atoms with Crippen LogP contribution in [0.2, 0.25) is 0 Å². The standard InChI is InChI=1S/C33H42N4O4/c1-9-21-17(4)25(14-28-22(10-2)19(6)32(39)36-28)34-27(21)16-30-24(12-13-31(38)41-8)18(5)26(35-30)15-29-23(11-3)20(7)33(40)37-29/h14-15,34-35H,9-13,16H2,1-8H3,(H,36,39)(H,37,40)/b28-14-,29-15-. The molecule has 0 radical (unpaired) electrons. The van der Waals surface area contributed by atoms with E-state index in [0.717, 1.165) is 92.4 Å². The number of H-pyrrole nitrogens is 2. The smallest absolute Gasteiger partial charge is 0.305 e. The number of hydrogen-bond acceptors (Lipinski definition) is 4. The highest BCUT2D eigenvalue weighted by Gasteiger charge is 2.25. The molecule has 2 aromatic rings. The van der Waals surface area contributed by atoms with Crippen molar-refractivity contribution >= 4 is 29.9 Å². The van der Waals surface area contributed by atoms with Gasteiger partial charge in [-0.15, -0.1) is 0 Å². The van der Waals surface area contributed by atoms with E-state index in [9.17, 15) is 14.4 Å². The van der Waals surface area contributed by atoms with Crippen LogP contribution in [0.1, 0.15) is 98.9 Å². The number of carbonyl (C=O) groups excluding carboxylic acids is 3. The van der Waals surface area contributed by atoms with E-state index >= 15 is 0 Å². The predicted octanol–water partition coefficient (Wildman–Crippen LogP) is 5.61. The van der Waals surface area contributed by atoms with Gasteiger partial charge in [0.1, 0.15) is 0 Å². The average molecular weight is 559 g/mol. The lowest BCUT2D eigenvalue weighted by molar-refractivity contribution is -0.140. The number of rotatable bonds is 10. The summed E-state index contributed by atoms with van der Waals surface area (Å²) in [7, 11) is 1.41. The topological polar surface area (TPSA) is 116 Å². The predicted molar refractivity (Wildman–Crippen MR) is 162 cm³/mol. The van der Waals surface area contributed by atoms with Crippen molar-refractivity contribution in [2.24, 2.45) is 0 Å². The average Bonchev–Trinajstić information content (AvgIpc) is 3.59. The monoisotopic (exact) mass is 558 g/mol. The summed E-state index contributed by atoms with van der Waals surface area (Å²) < 4.78 is 4.93. The number of allylic oxidation sites excluding steroid dienone is 2. The lowest BCUT2D eigenvalue weighted by atomic mass is 9.99. The Labute approximate surface area is 242 Å². The van der Waals surface area contributed by atoms with Gasteiger partial charge in [0.2, 0.25) is 0 Å². The third-order valence-corrected chi connectivity index (χ3v) is 8.54. The molecule has 0 spiro atoms. The van der Waals surface area contributed by atoms with Crippen molar-refractivity contribution in [3.8, 4) is 0 Å². The van der Waals surface area contributed by atoms with E-state index in [1.807, 2.05) is 32.9 Å². The first-order valence-corrected chi connectivity index (χ1v) is 14.5. The van der Waals surface area contributed by atoms with Crippen LogP contribution in [-0.2, 0) is 38.4 Å². The summed E-state index contributed by atoms with van der Waals surface area (Å²) in [5.74, 6) is -0.352. The lowest BCUT2D eigenvalue weighted by Gasteiger charge is -2.07. The van der Waals surface area contributed by atoms with E-state index in [4.69, 9.17) is 4.74 Å². The molecule has 41 heavy (non-hydrogen) atoms. The van der Waals surface area contributed by atoms with Gasteiger partial charge in [-0.3, -0.25) is 14.4 Å². The highest BCUT2D eigenvalue weighted by Crippen LogP contribution is 2.32. The van der Waals surface area contributed by atoms with Gasteiger partial charge in [-0.25, -0.2) is 0 Å². The van der Waals surface area contributed by atoms with Gasteiger partial charge in [0.25, 0.3) is 11.8 Å². The van der Waals surface area contributed by atoms with Crippen LogP contribution in [0.4, 0.5) is 0 Å². The number of aromatic nitrogens is 2. The summed E-state index contributed by atoms with van der Waals surface area (Å²) in [5, 5.41) is 6.02. The van der Waals surface area contributed by atoms with E-state index in [0.29, 0.717) is 12.8 Å². The Morgan fingerprint density at radius 3 is 1.63 bits per heavy atom. The number of ether oxygens (including phenoxy) is 1. The Kier molecular flexibility index (Phi) is 8.90. The van der Waals surface area contributed by atoms with E-state index < -0.39 is 0 Å². The van der Waals surface area contributed by atoms with Gasteiger partial charge in [-0.05, 0) is 98.9 Å². The van der Waals surface area contributed by atoms with E-state index in [-0.39, 0.29) is 24.2 Å². The first-order valence-electron chi connectivity index (χ1n) is 14.5. The van der Waals surface area contributed by atoms with Crippen LogP contribution < -0.4 is 10.6 Å². The second kappa shape index (κ2) is 12.2. The van der Waals surface area contributed by atoms with E-state index in [2.05, 4.69) is 48.3 Å². The summed E-state index contributed by atoms with van der Waals surface area (Å²) >= 11 is 0. The number of methoxy groups -OCH3 is 1. The van der Waals surface area contributed by atoms with Crippen molar-refractivity contribution in [1.82, 2.24) is 20.6 Å². The van der Waals surface area contributed by atoms with Gasteiger partial charge in [0.15, 0.2) is 0 Å². The van der Waals surface area contributed by atoms with E-state index in [1.165, 1.54) is 12.7 Å². The van der Waals surface area contributed by atoms with Gasteiger partial charge in [0, 0.05) is 58.2 Å². The largest absolute Gasteiger partial charge is 0.469 e. The van der Waals surface area contributed by atoms with Crippen LogP contribution in [0.5, 0.6) is 0 Å². The van der Waals surface area contributed by atoms with Gasteiger partial charge in [-0.2, -0.15) is 0 Å². The molecule has 4 N–H and O–H groups in total. The Balaban J connectivity index is 1.76. The Morgan fingerprint density at radius 2 is 1.20 bits per heavy atom.